The van der Waals surface area contributed by atoms with Crippen molar-refractivity contribution in [1.29, 1.82) is 0 Å². The summed E-state index contributed by atoms with van der Waals surface area (Å²) < 4.78 is 5.41. The number of aliphatic carboxylic acids is 1. The number of nitrogens with zero attached hydrogens (tertiary/aromatic N) is 1. The van der Waals surface area contributed by atoms with Crippen LogP contribution in [0.5, 0.6) is 5.75 Å². The second-order valence-electron chi connectivity index (χ2n) is 4.76. The third-order valence-electron chi connectivity index (χ3n) is 2.39. The summed E-state index contributed by atoms with van der Waals surface area (Å²) in [4.78, 5) is 15.0. The highest BCUT2D eigenvalue weighted by molar-refractivity contribution is 5.71. The van der Waals surface area contributed by atoms with E-state index in [1.165, 1.54) is 0 Å². The molecule has 0 radical (unpaired) electrons. The molecule has 16 heavy (non-hydrogen) atoms. The van der Waals surface area contributed by atoms with Gasteiger partial charge in [-0.05, 0) is 17.5 Å². The predicted molar refractivity (Wildman–Crippen MR) is 60.3 cm³/mol. The Hall–Kier alpha value is -1.58. The highest BCUT2D eigenvalue weighted by Gasteiger charge is 2.31. The lowest BCUT2D eigenvalue weighted by molar-refractivity contribution is -0.146. The molecule has 0 spiro atoms. The molecule has 0 aromatic carbocycles. The van der Waals surface area contributed by atoms with Gasteiger partial charge in [-0.25, -0.2) is 0 Å². The van der Waals surface area contributed by atoms with E-state index in [0.29, 0.717) is 5.75 Å². The molecule has 1 unspecified atom stereocenters. The van der Waals surface area contributed by atoms with Gasteiger partial charge in [0.15, 0.2) is 0 Å². The fourth-order valence-electron chi connectivity index (χ4n) is 1.30. The van der Waals surface area contributed by atoms with Gasteiger partial charge in [-0.3, -0.25) is 9.78 Å². The van der Waals surface area contributed by atoms with E-state index in [1.54, 1.807) is 24.5 Å². The van der Waals surface area contributed by atoms with Crippen molar-refractivity contribution in [3.05, 3.63) is 24.5 Å². The Kier molecular flexibility index (Phi) is 3.88. The first-order valence-electron chi connectivity index (χ1n) is 5.17. The summed E-state index contributed by atoms with van der Waals surface area (Å²) in [5, 5.41) is 9.09. The molecule has 0 aliphatic rings. The quantitative estimate of drug-likeness (QED) is 0.850. The van der Waals surface area contributed by atoms with E-state index >= 15 is 0 Å². The van der Waals surface area contributed by atoms with Gasteiger partial charge >= 0.3 is 5.97 Å². The third kappa shape index (κ3) is 3.53. The van der Waals surface area contributed by atoms with Crippen LogP contribution in [0, 0.1) is 11.3 Å². The molecule has 0 amide bonds. The van der Waals surface area contributed by atoms with Crippen LogP contribution in [-0.2, 0) is 4.79 Å². The van der Waals surface area contributed by atoms with Gasteiger partial charge in [-0.2, -0.15) is 0 Å². The fraction of sp³-hybridized carbons (Fsp3) is 0.500. The molecule has 1 aromatic rings. The van der Waals surface area contributed by atoms with Gasteiger partial charge in [0.25, 0.3) is 0 Å². The molecule has 0 aliphatic carbocycles. The monoisotopic (exact) mass is 223 g/mol. The number of rotatable bonds is 4. The van der Waals surface area contributed by atoms with Crippen molar-refractivity contribution in [1.82, 2.24) is 4.98 Å². The molecule has 1 heterocycles. The van der Waals surface area contributed by atoms with E-state index in [4.69, 9.17) is 9.84 Å². The fourth-order valence-corrected chi connectivity index (χ4v) is 1.30. The highest BCUT2D eigenvalue weighted by atomic mass is 16.5. The van der Waals surface area contributed by atoms with Crippen LogP contribution in [0.1, 0.15) is 20.8 Å². The highest BCUT2D eigenvalue weighted by Crippen LogP contribution is 2.26. The average molecular weight is 223 g/mol. The standard InChI is InChI=1S/C12H17NO3/c1-12(2,3)10(11(14)15)8-16-9-5-4-6-13-7-9/h4-7,10H,8H2,1-3H3,(H,14,15). The Morgan fingerprint density at radius 2 is 2.25 bits per heavy atom. The lowest BCUT2D eigenvalue weighted by atomic mass is 9.81. The van der Waals surface area contributed by atoms with Gasteiger partial charge in [0, 0.05) is 6.20 Å². The van der Waals surface area contributed by atoms with Gasteiger partial charge in [0.05, 0.1) is 12.1 Å². The van der Waals surface area contributed by atoms with Crippen molar-refractivity contribution in [3.63, 3.8) is 0 Å². The Balaban J connectivity index is 2.62. The molecule has 4 nitrogen and oxygen atoms in total. The first-order valence-corrected chi connectivity index (χ1v) is 5.17. The Morgan fingerprint density at radius 3 is 2.69 bits per heavy atom. The van der Waals surface area contributed by atoms with Crippen LogP contribution < -0.4 is 4.74 Å². The van der Waals surface area contributed by atoms with Crippen LogP contribution >= 0.6 is 0 Å². The molecule has 88 valence electrons. The number of pyridine rings is 1. The zero-order valence-corrected chi connectivity index (χ0v) is 9.80. The smallest absolute Gasteiger partial charge is 0.310 e. The van der Waals surface area contributed by atoms with Crippen LogP contribution in [-0.4, -0.2) is 22.7 Å². The van der Waals surface area contributed by atoms with Gasteiger partial charge in [0.1, 0.15) is 12.4 Å². The Bertz CT molecular complexity index is 343. The van der Waals surface area contributed by atoms with Crippen molar-refractivity contribution in [3.8, 4) is 5.75 Å². The van der Waals surface area contributed by atoms with E-state index in [-0.39, 0.29) is 12.0 Å². The first-order chi connectivity index (χ1) is 7.41. The largest absolute Gasteiger partial charge is 0.491 e. The zero-order chi connectivity index (χ0) is 12.2. The molecule has 0 saturated heterocycles. The summed E-state index contributed by atoms with van der Waals surface area (Å²) in [6.45, 7) is 5.82. The number of carboxylic acids is 1. The Morgan fingerprint density at radius 1 is 1.56 bits per heavy atom. The van der Waals surface area contributed by atoms with Crippen LogP contribution in [0.3, 0.4) is 0 Å². The van der Waals surface area contributed by atoms with Crippen LogP contribution in [0.25, 0.3) is 0 Å². The normalized spacial score (nSPS) is 13.2. The minimum atomic E-state index is -0.837. The van der Waals surface area contributed by atoms with Gasteiger partial charge in [0.2, 0.25) is 0 Å². The molecule has 1 aromatic heterocycles. The van der Waals surface area contributed by atoms with E-state index in [2.05, 4.69) is 4.98 Å². The van der Waals surface area contributed by atoms with Crippen LogP contribution in [0.15, 0.2) is 24.5 Å². The average Bonchev–Trinajstić information content (AvgIpc) is 2.17. The molecule has 0 aliphatic heterocycles. The van der Waals surface area contributed by atoms with Crippen LogP contribution in [0.2, 0.25) is 0 Å². The summed E-state index contributed by atoms with van der Waals surface area (Å²) >= 11 is 0. The minimum absolute atomic E-state index is 0.157. The van der Waals surface area contributed by atoms with Gasteiger partial charge in [-0.15, -0.1) is 0 Å². The number of carbonyl (C=O) groups is 1. The summed E-state index contributed by atoms with van der Waals surface area (Å²) in [6.07, 6.45) is 3.22. The molecule has 0 fully saturated rings. The second kappa shape index (κ2) is 4.96. The summed E-state index contributed by atoms with van der Waals surface area (Å²) in [5.41, 5.74) is -0.325. The lowest BCUT2D eigenvalue weighted by Crippen LogP contribution is -2.33. The van der Waals surface area contributed by atoms with Crippen molar-refractivity contribution in [2.75, 3.05) is 6.61 Å². The van der Waals surface area contributed by atoms with Crippen molar-refractivity contribution < 1.29 is 14.6 Å². The van der Waals surface area contributed by atoms with Crippen molar-refractivity contribution >= 4 is 5.97 Å². The second-order valence-corrected chi connectivity index (χ2v) is 4.76. The molecule has 1 atom stereocenters. The molecular formula is C12H17NO3. The van der Waals surface area contributed by atoms with E-state index in [1.807, 2.05) is 20.8 Å². The maximum Gasteiger partial charge on any atom is 0.310 e. The summed E-state index contributed by atoms with van der Waals surface area (Å²) in [7, 11) is 0. The zero-order valence-electron chi connectivity index (χ0n) is 9.80. The molecular weight excluding hydrogens is 206 g/mol. The van der Waals surface area contributed by atoms with Crippen molar-refractivity contribution in [2.45, 2.75) is 20.8 Å². The van der Waals surface area contributed by atoms with Crippen LogP contribution in [0.4, 0.5) is 0 Å². The molecule has 1 N–H and O–H groups in total. The van der Waals surface area contributed by atoms with E-state index < -0.39 is 11.9 Å². The summed E-state index contributed by atoms with van der Waals surface area (Å²) in [5.74, 6) is -0.776. The predicted octanol–water partition coefficient (Wildman–Crippen LogP) is 2.21. The molecule has 0 bridgehead atoms. The van der Waals surface area contributed by atoms with E-state index in [9.17, 15) is 4.79 Å². The number of carboxylic acid groups (broad SMARTS) is 1. The van der Waals surface area contributed by atoms with Crippen molar-refractivity contribution in [2.24, 2.45) is 11.3 Å². The number of hydrogen-bond donors (Lipinski definition) is 1. The van der Waals surface area contributed by atoms with Gasteiger partial charge < -0.3 is 9.84 Å². The number of hydrogen-bond acceptors (Lipinski definition) is 3. The maximum atomic E-state index is 11.1. The summed E-state index contributed by atoms with van der Waals surface area (Å²) in [6, 6.07) is 3.51. The SMILES string of the molecule is CC(C)(C)C(COc1cccnc1)C(=O)O. The molecule has 4 heteroatoms. The number of ether oxygens (including phenoxy) is 1. The first kappa shape index (κ1) is 12.5. The topological polar surface area (TPSA) is 59.4 Å². The minimum Gasteiger partial charge on any atom is -0.491 e. The number of aromatic nitrogens is 1. The Labute approximate surface area is 95.3 Å². The van der Waals surface area contributed by atoms with E-state index in [0.717, 1.165) is 0 Å². The molecule has 0 saturated carbocycles. The lowest BCUT2D eigenvalue weighted by Gasteiger charge is -2.26. The van der Waals surface area contributed by atoms with Gasteiger partial charge in [-0.1, -0.05) is 20.8 Å². The maximum absolute atomic E-state index is 11.1. The molecule has 1 rings (SSSR count). The third-order valence-corrected chi connectivity index (χ3v) is 2.39.